The summed E-state index contributed by atoms with van der Waals surface area (Å²) in [5.74, 6) is -1.81. The number of aliphatic carboxylic acids is 1. The maximum atomic E-state index is 13.5. The van der Waals surface area contributed by atoms with Crippen molar-refractivity contribution >= 4 is 35.1 Å². The zero-order valence-electron chi connectivity index (χ0n) is 25.0. The summed E-state index contributed by atoms with van der Waals surface area (Å²) in [7, 11) is 0. The maximum Gasteiger partial charge on any atom is 0.305 e. The van der Waals surface area contributed by atoms with Crippen LogP contribution in [0.4, 0.5) is 11.4 Å². The number of benzene rings is 3. The van der Waals surface area contributed by atoms with Crippen molar-refractivity contribution in [1.82, 2.24) is 15.2 Å². The van der Waals surface area contributed by atoms with Gasteiger partial charge in [0.15, 0.2) is 0 Å². The number of amides is 3. The zero-order chi connectivity index (χ0) is 31.8. The zero-order valence-corrected chi connectivity index (χ0v) is 25.0. The highest BCUT2D eigenvalue weighted by Gasteiger charge is 2.25. The van der Waals surface area contributed by atoms with Gasteiger partial charge in [-0.1, -0.05) is 60.2 Å². The Kier molecular flexibility index (Phi) is 9.83. The highest BCUT2D eigenvalue weighted by atomic mass is 16.4. The van der Waals surface area contributed by atoms with Crippen molar-refractivity contribution in [1.29, 1.82) is 0 Å². The Hall–Kier alpha value is -5.51. The van der Waals surface area contributed by atoms with Crippen LogP contribution in [0.25, 0.3) is 0 Å². The Labute approximate surface area is 261 Å². The van der Waals surface area contributed by atoms with E-state index in [-0.39, 0.29) is 23.8 Å². The lowest BCUT2D eigenvalue weighted by Gasteiger charge is -2.37. The second kappa shape index (κ2) is 14.3. The second-order valence-electron chi connectivity index (χ2n) is 11.0. The first-order valence-electron chi connectivity index (χ1n) is 14.8. The predicted octanol–water partition coefficient (Wildman–Crippen LogP) is 4.48. The molecule has 1 saturated heterocycles. The highest BCUT2D eigenvalue weighted by molar-refractivity contribution is 6.07. The topological polar surface area (TPSA) is 132 Å². The van der Waals surface area contributed by atoms with E-state index in [0.29, 0.717) is 55.1 Å². The molecule has 0 bridgehead atoms. The van der Waals surface area contributed by atoms with Crippen LogP contribution in [0.3, 0.4) is 0 Å². The van der Waals surface area contributed by atoms with Gasteiger partial charge in [-0.2, -0.15) is 0 Å². The van der Waals surface area contributed by atoms with Crippen LogP contribution in [0.2, 0.25) is 0 Å². The third-order valence-corrected chi connectivity index (χ3v) is 7.78. The van der Waals surface area contributed by atoms with Crippen molar-refractivity contribution < 1.29 is 24.3 Å². The Morgan fingerprint density at radius 2 is 1.51 bits per heavy atom. The van der Waals surface area contributed by atoms with Gasteiger partial charge in [0.25, 0.3) is 11.8 Å². The summed E-state index contributed by atoms with van der Waals surface area (Å²) in [6.07, 6.45) is 3.10. The fraction of sp³-hybridized carbons (Fsp3) is 0.229. The summed E-state index contributed by atoms with van der Waals surface area (Å²) >= 11 is 0. The minimum atomic E-state index is -1.04. The summed E-state index contributed by atoms with van der Waals surface area (Å²) < 4.78 is 0. The van der Waals surface area contributed by atoms with E-state index >= 15 is 0 Å². The van der Waals surface area contributed by atoms with Crippen molar-refractivity contribution in [2.45, 2.75) is 25.8 Å². The number of rotatable bonds is 10. The molecule has 1 atom stereocenters. The molecule has 1 unspecified atom stereocenters. The van der Waals surface area contributed by atoms with Crippen molar-refractivity contribution in [2.75, 3.05) is 36.4 Å². The molecule has 0 spiro atoms. The van der Waals surface area contributed by atoms with E-state index in [4.69, 9.17) is 0 Å². The number of nitrogens with one attached hydrogen (secondary N) is 2. The lowest BCUT2D eigenvalue weighted by atomic mass is 10.0. The molecule has 45 heavy (non-hydrogen) atoms. The predicted molar refractivity (Wildman–Crippen MR) is 171 cm³/mol. The summed E-state index contributed by atoms with van der Waals surface area (Å²) in [5.41, 5.74) is 4.48. The summed E-state index contributed by atoms with van der Waals surface area (Å²) in [4.78, 5) is 59.1. The molecule has 5 rings (SSSR count). The maximum absolute atomic E-state index is 13.5. The Morgan fingerprint density at radius 3 is 2.18 bits per heavy atom. The van der Waals surface area contributed by atoms with E-state index in [0.717, 1.165) is 11.1 Å². The lowest BCUT2D eigenvalue weighted by molar-refractivity contribution is -0.137. The smallest absolute Gasteiger partial charge is 0.305 e. The van der Waals surface area contributed by atoms with Crippen molar-refractivity contribution in [3.05, 3.63) is 125 Å². The van der Waals surface area contributed by atoms with Gasteiger partial charge in [0, 0.05) is 49.7 Å². The van der Waals surface area contributed by atoms with Crippen LogP contribution in [0.15, 0.2) is 97.3 Å². The first-order valence-corrected chi connectivity index (χ1v) is 14.8. The molecule has 0 radical (unpaired) electrons. The van der Waals surface area contributed by atoms with E-state index in [1.165, 1.54) is 12.4 Å². The van der Waals surface area contributed by atoms with Gasteiger partial charge in [-0.3, -0.25) is 24.2 Å². The standard InChI is InChI=1S/C35H35N5O5/c1-24-7-9-26(10-8-24)29(23-33(42)43)37-35(45)28-11-12-31(30(22-28)38-34(44)27-13-15-36-16-14-27)39-17-19-40(20-18-39)32(41)21-25-5-3-2-4-6-25/h2-16,22,29H,17-21,23H2,1H3,(H,37,45)(H,38,44)(H,42,43). The number of piperazine rings is 1. The third kappa shape index (κ3) is 8.11. The molecular weight excluding hydrogens is 570 g/mol. The molecule has 3 aromatic carbocycles. The normalized spacial score (nSPS) is 13.5. The van der Waals surface area contributed by atoms with Crippen LogP contribution in [-0.4, -0.2) is 64.9 Å². The van der Waals surface area contributed by atoms with Crippen LogP contribution in [0, 0.1) is 6.92 Å². The highest BCUT2D eigenvalue weighted by Crippen LogP contribution is 2.30. The number of pyridine rings is 1. The number of nitrogens with zero attached hydrogens (tertiary/aromatic N) is 3. The minimum absolute atomic E-state index is 0.0589. The lowest BCUT2D eigenvalue weighted by Crippen LogP contribution is -2.49. The minimum Gasteiger partial charge on any atom is -0.481 e. The first kappa shape index (κ1) is 30.9. The van der Waals surface area contributed by atoms with Gasteiger partial charge < -0.3 is 25.5 Å². The number of carboxylic acids is 1. The number of carbonyl (C=O) groups excluding carboxylic acids is 3. The molecule has 10 nitrogen and oxygen atoms in total. The van der Waals surface area contributed by atoms with Gasteiger partial charge in [0.1, 0.15) is 0 Å². The molecule has 2 heterocycles. The van der Waals surface area contributed by atoms with Crippen molar-refractivity contribution in [3.63, 3.8) is 0 Å². The van der Waals surface area contributed by atoms with Gasteiger partial charge in [-0.25, -0.2) is 0 Å². The molecule has 0 aliphatic carbocycles. The van der Waals surface area contributed by atoms with E-state index in [1.54, 1.807) is 42.5 Å². The van der Waals surface area contributed by atoms with Crippen LogP contribution >= 0.6 is 0 Å². The quantitative estimate of drug-likeness (QED) is 0.243. The number of hydrogen-bond acceptors (Lipinski definition) is 6. The Balaban J connectivity index is 1.35. The summed E-state index contributed by atoms with van der Waals surface area (Å²) in [5, 5.41) is 15.3. The molecular formula is C35H35N5O5. The fourth-order valence-electron chi connectivity index (χ4n) is 5.30. The largest absolute Gasteiger partial charge is 0.481 e. The van der Waals surface area contributed by atoms with Gasteiger partial charge in [-0.15, -0.1) is 0 Å². The van der Waals surface area contributed by atoms with Gasteiger partial charge in [0.2, 0.25) is 5.91 Å². The monoisotopic (exact) mass is 605 g/mol. The Morgan fingerprint density at radius 1 is 0.822 bits per heavy atom. The van der Waals surface area contributed by atoms with E-state index in [9.17, 15) is 24.3 Å². The molecule has 10 heteroatoms. The molecule has 0 saturated carbocycles. The first-order chi connectivity index (χ1) is 21.8. The van der Waals surface area contributed by atoms with E-state index in [2.05, 4.69) is 20.5 Å². The number of hydrogen-bond donors (Lipinski definition) is 3. The number of carbonyl (C=O) groups is 4. The number of aromatic nitrogens is 1. The number of anilines is 2. The van der Waals surface area contributed by atoms with Crippen LogP contribution in [0.1, 0.15) is 49.9 Å². The van der Waals surface area contributed by atoms with Crippen LogP contribution in [0.5, 0.6) is 0 Å². The van der Waals surface area contributed by atoms with Crippen molar-refractivity contribution in [2.24, 2.45) is 0 Å². The van der Waals surface area contributed by atoms with Crippen LogP contribution in [-0.2, 0) is 16.0 Å². The van der Waals surface area contributed by atoms with Gasteiger partial charge in [0.05, 0.1) is 30.3 Å². The van der Waals surface area contributed by atoms with Crippen LogP contribution < -0.4 is 15.5 Å². The average Bonchev–Trinajstić information content (AvgIpc) is 3.05. The molecule has 1 aliphatic rings. The molecule has 3 N–H and O–H groups in total. The fourth-order valence-corrected chi connectivity index (χ4v) is 5.30. The summed E-state index contributed by atoms with van der Waals surface area (Å²) in [6, 6.07) is 24.5. The molecule has 230 valence electrons. The number of aryl methyl sites for hydroxylation is 1. The van der Waals surface area contributed by atoms with Gasteiger partial charge >= 0.3 is 5.97 Å². The average molecular weight is 606 g/mol. The van der Waals surface area contributed by atoms with Crippen molar-refractivity contribution in [3.8, 4) is 0 Å². The SMILES string of the molecule is Cc1ccc(C(CC(=O)O)NC(=O)c2ccc(N3CCN(C(=O)Cc4ccccc4)CC3)c(NC(=O)c3ccncc3)c2)cc1. The van der Waals surface area contributed by atoms with E-state index < -0.39 is 17.9 Å². The Bertz CT molecular complexity index is 1650. The molecule has 3 amide bonds. The van der Waals surface area contributed by atoms with E-state index in [1.807, 2.05) is 54.3 Å². The molecule has 1 aliphatic heterocycles. The second-order valence-corrected chi connectivity index (χ2v) is 11.0. The summed E-state index contributed by atoms with van der Waals surface area (Å²) in [6.45, 7) is 4.04. The molecule has 4 aromatic rings. The number of carboxylic acid groups (broad SMARTS) is 1. The molecule has 1 aromatic heterocycles. The molecule has 1 fully saturated rings. The third-order valence-electron chi connectivity index (χ3n) is 7.78. The van der Waals surface area contributed by atoms with Gasteiger partial charge in [-0.05, 0) is 48.4 Å².